The second-order valence-electron chi connectivity index (χ2n) is 3.18. The van der Waals surface area contributed by atoms with Gasteiger partial charge in [0.15, 0.2) is 0 Å². The molecular formula is C10H14N2O3. The summed E-state index contributed by atoms with van der Waals surface area (Å²) in [4.78, 5) is 10.5. The largest absolute Gasteiger partial charge is 0.465 e. The molecule has 1 unspecified atom stereocenters. The molecule has 0 heterocycles. The van der Waals surface area contributed by atoms with Crippen LogP contribution in [0.4, 0.5) is 10.5 Å². The lowest BCUT2D eigenvalue weighted by molar-refractivity contribution is 0.185. The molecule has 5 nitrogen and oxygen atoms in total. The van der Waals surface area contributed by atoms with E-state index in [0.717, 1.165) is 5.56 Å². The maximum absolute atomic E-state index is 10.5. The van der Waals surface area contributed by atoms with Gasteiger partial charge in [0.05, 0.1) is 6.04 Å². The van der Waals surface area contributed by atoms with Gasteiger partial charge in [-0.05, 0) is 24.1 Å². The Bertz CT molecular complexity index is 341. The van der Waals surface area contributed by atoms with Gasteiger partial charge in [-0.1, -0.05) is 12.1 Å². The first-order valence-electron chi connectivity index (χ1n) is 4.59. The van der Waals surface area contributed by atoms with Gasteiger partial charge in [0.25, 0.3) is 0 Å². The Hall–Kier alpha value is -1.75. The number of nitrogens with two attached hydrogens (primary N) is 1. The number of rotatable bonds is 4. The van der Waals surface area contributed by atoms with E-state index in [1.54, 1.807) is 24.3 Å². The van der Waals surface area contributed by atoms with Crippen LogP contribution in [-0.4, -0.2) is 22.9 Å². The zero-order valence-electron chi connectivity index (χ0n) is 8.18. The van der Waals surface area contributed by atoms with E-state index in [4.69, 9.17) is 15.9 Å². The number of nitrogens with one attached hydrogen (secondary N) is 1. The fourth-order valence-corrected chi connectivity index (χ4v) is 1.38. The summed E-state index contributed by atoms with van der Waals surface area (Å²) in [5.74, 6) is 0. The predicted molar refractivity (Wildman–Crippen MR) is 56.5 cm³/mol. The molecule has 1 amide bonds. The molecule has 5 N–H and O–H groups in total. The minimum atomic E-state index is -1.11. The molecule has 0 saturated heterocycles. The van der Waals surface area contributed by atoms with Crippen LogP contribution >= 0.6 is 0 Å². The second kappa shape index (κ2) is 5.21. The number of benzene rings is 1. The number of hydrogen-bond acceptors (Lipinski definition) is 3. The molecule has 0 fully saturated rings. The molecule has 0 spiro atoms. The van der Waals surface area contributed by atoms with E-state index >= 15 is 0 Å². The highest BCUT2D eigenvalue weighted by Gasteiger charge is 2.13. The molecule has 0 aliphatic heterocycles. The third-order valence-corrected chi connectivity index (χ3v) is 2.03. The first-order chi connectivity index (χ1) is 7.13. The van der Waals surface area contributed by atoms with Crippen molar-refractivity contribution in [2.24, 2.45) is 0 Å². The lowest BCUT2D eigenvalue weighted by Crippen LogP contribution is -2.27. The Labute approximate surface area is 87.5 Å². The Kier molecular flexibility index (Phi) is 3.93. The Morgan fingerprint density at radius 2 is 2.27 bits per heavy atom. The maximum Gasteiger partial charge on any atom is 0.405 e. The van der Waals surface area contributed by atoms with Crippen LogP contribution in [0.15, 0.2) is 24.3 Å². The summed E-state index contributed by atoms with van der Waals surface area (Å²) in [5.41, 5.74) is 6.91. The normalized spacial score (nSPS) is 12.1. The van der Waals surface area contributed by atoms with Crippen molar-refractivity contribution >= 4 is 11.8 Å². The summed E-state index contributed by atoms with van der Waals surface area (Å²) in [7, 11) is 0. The number of aliphatic hydroxyl groups is 1. The fourth-order valence-electron chi connectivity index (χ4n) is 1.38. The van der Waals surface area contributed by atoms with Crippen LogP contribution in [0.25, 0.3) is 0 Å². The molecule has 1 rings (SSSR count). The van der Waals surface area contributed by atoms with E-state index in [1.807, 2.05) is 0 Å². The number of aliphatic hydroxyl groups excluding tert-OH is 1. The molecule has 0 bridgehead atoms. The number of nitrogen functional groups attached to an aromatic ring is 1. The molecular weight excluding hydrogens is 196 g/mol. The average molecular weight is 210 g/mol. The van der Waals surface area contributed by atoms with Gasteiger partial charge in [0, 0.05) is 12.3 Å². The van der Waals surface area contributed by atoms with Crippen LogP contribution < -0.4 is 11.1 Å². The van der Waals surface area contributed by atoms with E-state index in [0.29, 0.717) is 12.1 Å². The molecule has 15 heavy (non-hydrogen) atoms. The summed E-state index contributed by atoms with van der Waals surface area (Å²) in [6.45, 7) is -0.0836. The van der Waals surface area contributed by atoms with Crippen molar-refractivity contribution in [3.05, 3.63) is 29.8 Å². The summed E-state index contributed by atoms with van der Waals surface area (Å²) in [5, 5.41) is 19.8. The van der Waals surface area contributed by atoms with Crippen LogP contribution in [0, 0.1) is 0 Å². The zero-order valence-corrected chi connectivity index (χ0v) is 8.18. The molecule has 0 radical (unpaired) electrons. The predicted octanol–water partition coefficient (Wildman–Crippen LogP) is 0.960. The van der Waals surface area contributed by atoms with Crippen LogP contribution in [0.2, 0.25) is 0 Å². The van der Waals surface area contributed by atoms with E-state index in [-0.39, 0.29) is 6.61 Å². The molecule has 0 saturated carbocycles. The molecule has 0 aliphatic rings. The van der Waals surface area contributed by atoms with Crippen molar-refractivity contribution in [3.8, 4) is 0 Å². The van der Waals surface area contributed by atoms with Crippen molar-refractivity contribution in [2.45, 2.75) is 12.5 Å². The van der Waals surface area contributed by atoms with Gasteiger partial charge in [-0.15, -0.1) is 0 Å². The minimum absolute atomic E-state index is 0.0836. The van der Waals surface area contributed by atoms with E-state index in [9.17, 15) is 4.79 Å². The van der Waals surface area contributed by atoms with Crippen molar-refractivity contribution in [1.82, 2.24) is 5.32 Å². The van der Waals surface area contributed by atoms with Gasteiger partial charge in [-0.2, -0.15) is 0 Å². The van der Waals surface area contributed by atoms with Crippen molar-refractivity contribution in [2.75, 3.05) is 12.3 Å². The second-order valence-corrected chi connectivity index (χ2v) is 3.18. The molecule has 82 valence electrons. The molecule has 5 heteroatoms. The van der Waals surface area contributed by atoms with Gasteiger partial charge in [-0.25, -0.2) is 4.79 Å². The summed E-state index contributed by atoms with van der Waals surface area (Å²) >= 11 is 0. The number of anilines is 1. The van der Waals surface area contributed by atoms with E-state index in [1.165, 1.54) is 0 Å². The average Bonchev–Trinajstić information content (AvgIpc) is 2.16. The quantitative estimate of drug-likeness (QED) is 0.556. The Morgan fingerprint density at radius 3 is 2.80 bits per heavy atom. The van der Waals surface area contributed by atoms with E-state index < -0.39 is 12.1 Å². The van der Waals surface area contributed by atoms with Crippen LogP contribution in [-0.2, 0) is 0 Å². The zero-order chi connectivity index (χ0) is 11.3. The molecule has 0 aliphatic carbocycles. The standard InChI is InChI=1S/C10H14N2O3/c11-8-3-1-2-7(6-8)9(4-5-13)12-10(14)15/h1-3,6,9,12-13H,4-5,11H2,(H,14,15). The highest BCUT2D eigenvalue weighted by Crippen LogP contribution is 2.18. The fraction of sp³-hybridized carbons (Fsp3) is 0.300. The summed E-state index contributed by atoms with van der Waals surface area (Å²) in [6, 6.07) is 6.51. The first-order valence-corrected chi connectivity index (χ1v) is 4.59. The molecule has 1 aromatic carbocycles. The van der Waals surface area contributed by atoms with Crippen LogP contribution in [0.5, 0.6) is 0 Å². The third kappa shape index (κ3) is 3.47. The van der Waals surface area contributed by atoms with Crippen molar-refractivity contribution in [3.63, 3.8) is 0 Å². The lowest BCUT2D eigenvalue weighted by atomic mass is 10.0. The number of carboxylic acid groups (broad SMARTS) is 1. The van der Waals surface area contributed by atoms with E-state index in [2.05, 4.69) is 5.32 Å². The third-order valence-electron chi connectivity index (χ3n) is 2.03. The van der Waals surface area contributed by atoms with Crippen LogP contribution in [0.3, 0.4) is 0 Å². The van der Waals surface area contributed by atoms with Gasteiger partial charge in [0.1, 0.15) is 0 Å². The number of hydrogen-bond donors (Lipinski definition) is 4. The number of amides is 1. The summed E-state index contributed by atoms with van der Waals surface area (Å²) in [6.07, 6.45) is -0.786. The topological polar surface area (TPSA) is 95.6 Å². The van der Waals surface area contributed by atoms with Crippen LogP contribution in [0.1, 0.15) is 18.0 Å². The Morgan fingerprint density at radius 1 is 1.53 bits per heavy atom. The Balaban J connectivity index is 2.83. The highest BCUT2D eigenvalue weighted by molar-refractivity contribution is 5.65. The highest BCUT2D eigenvalue weighted by atomic mass is 16.4. The first kappa shape index (κ1) is 11.3. The number of carbonyl (C=O) groups is 1. The monoisotopic (exact) mass is 210 g/mol. The van der Waals surface area contributed by atoms with Gasteiger partial charge < -0.3 is 21.3 Å². The minimum Gasteiger partial charge on any atom is -0.465 e. The lowest BCUT2D eigenvalue weighted by Gasteiger charge is -2.16. The smallest absolute Gasteiger partial charge is 0.405 e. The van der Waals surface area contributed by atoms with Crippen molar-refractivity contribution in [1.29, 1.82) is 0 Å². The molecule has 1 atom stereocenters. The van der Waals surface area contributed by atoms with Gasteiger partial charge in [-0.3, -0.25) is 0 Å². The summed E-state index contributed by atoms with van der Waals surface area (Å²) < 4.78 is 0. The van der Waals surface area contributed by atoms with Gasteiger partial charge >= 0.3 is 6.09 Å². The molecule has 1 aromatic rings. The van der Waals surface area contributed by atoms with Gasteiger partial charge in [0.2, 0.25) is 0 Å². The molecule has 0 aromatic heterocycles. The SMILES string of the molecule is Nc1cccc(C(CCO)NC(=O)O)c1. The maximum atomic E-state index is 10.5. The van der Waals surface area contributed by atoms with Crippen molar-refractivity contribution < 1.29 is 15.0 Å².